The first-order valence-corrected chi connectivity index (χ1v) is 9.20. The standard InChI is InChI=1S/C21H25N3O2/c1-15-11-19-17(3-7-22-21(19)25)12-20(15)26-18-5-9-24(10-6-18)14-16-4-8-23(2)13-16/h3-4,7-8,11-13,18H,5-6,9-10,14H2,1-2H3,(H,22,25). The van der Waals surface area contributed by atoms with Crippen LogP contribution in [-0.4, -0.2) is 33.6 Å². The van der Waals surface area contributed by atoms with E-state index in [2.05, 4.69) is 40.0 Å². The molecule has 0 atom stereocenters. The van der Waals surface area contributed by atoms with Crippen LogP contribution in [-0.2, 0) is 13.6 Å². The zero-order valence-electron chi connectivity index (χ0n) is 15.4. The second-order valence-electron chi connectivity index (χ2n) is 7.29. The van der Waals surface area contributed by atoms with Gasteiger partial charge in [-0.25, -0.2) is 0 Å². The van der Waals surface area contributed by atoms with Crippen molar-refractivity contribution in [1.29, 1.82) is 0 Å². The molecular weight excluding hydrogens is 326 g/mol. The number of piperidine rings is 1. The smallest absolute Gasteiger partial charge is 0.255 e. The van der Waals surface area contributed by atoms with Crippen LogP contribution in [0.15, 0.2) is 47.7 Å². The maximum Gasteiger partial charge on any atom is 0.255 e. The van der Waals surface area contributed by atoms with Gasteiger partial charge in [0.25, 0.3) is 5.56 Å². The second kappa shape index (κ2) is 7.00. The average molecular weight is 351 g/mol. The predicted octanol–water partition coefficient (Wildman–Crippen LogP) is 3.22. The van der Waals surface area contributed by atoms with E-state index in [1.165, 1.54) is 5.56 Å². The number of hydrogen-bond acceptors (Lipinski definition) is 3. The number of aryl methyl sites for hydroxylation is 2. The van der Waals surface area contributed by atoms with Crippen LogP contribution < -0.4 is 10.3 Å². The van der Waals surface area contributed by atoms with E-state index in [0.717, 1.165) is 54.6 Å². The molecule has 0 spiro atoms. The number of hydrogen-bond donors (Lipinski definition) is 1. The average Bonchev–Trinajstić information content (AvgIpc) is 3.03. The van der Waals surface area contributed by atoms with Crippen molar-refractivity contribution < 1.29 is 4.74 Å². The molecule has 0 aliphatic carbocycles. The Labute approximate surface area is 153 Å². The summed E-state index contributed by atoms with van der Waals surface area (Å²) in [6.07, 6.45) is 8.26. The minimum Gasteiger partial charge on any atom is -0.490 e. The fourth-order valence-electron chi connectivity index (χ4n) is 3.73. The minimum atomic E-state index is -0.0497. The molecule has 3 heterocycles. The highest BCUT2D eigenvalue weighted by Gasteiger charge is 2.21. The lowest BCUT2D eigenvalue weighted by Gasteiger charge is -2.32. The van der Waals surface area contributed by atoms with E-state index in [9.17, 15) is 4.79 Å². The fraction of sp³-hybridized carbons (Fsp3) is 0.381. The Morgan fingerprint density at radius 2 is 2.04 bits per heavy atom. The molecule has 1 aliphatic rings. The van der Waals surface area contributed by atoms with Gasteiger partial charge in [0.1, 0.15) is 11.9 Å². The topological polar surface area (TPSA) is 50.3 Å². The first-order chi connectivity index (χ1) is 12.6. The van der Waals surface area contributed by atoms with Gasteiger partial charge in [-0.2, -0.15) is 0 Å². The number of nitrogens with zero attached hydrogens (tertiary/aromatic N) is 2. The molecule has 5 heteroatoms. The molecule has 2 aromatic heterocycles. The van der Waals surface area contributed by atoms with Gasteiger partial charge < -0.3 is 14.3 Å². The maximum absolute atomic E-state index is 11.9. The number of aromatic nitrogens is 2. The Morgan fingerprint density at radius 3 is 2.77 bits per heavy atom. The maximum atomic E-state index is 11.9. The summed E-state index contributed by atoms with van der Waals surface area (Å²) < 4.78 is 8.39. The molecule has 0 bridgehead atoms. The number of H-pyrrole nitrogens is 1. The highest BCUT2D eigenvalue weighted by atomic mass is 16.5. The van der Waals surface area contributed by atoms with Crippen molar-refractivity contribution in [2.45, 2.75) is 32.4 Å². The molecule has 0 radical (unpaired) electrons. The zero-order chi connectivity index (χ0) is 18.1. The molecule has 0 unspecified atom stereocenters. The molecule has 1 aromatic carbocycles. The third kappa shape index (κ3) is 3.53. The summed E-state index contributed by atoms with van der Waals surface area (Å²) in [5.74, 6) is 0.893. The molecule has 1 fully saturated rings. The Balaban J connectivity index is 1.40. The summed E-state index contributed by atoms with van der Waals surface area (Å²) in [5.41, 5.74) is 2.33. The summed E-state index contributed by atoms with van der Waals surface area (Å²) in [4.78, 5) is 17.1. The van der Waals surface area contributed by atoms with Crippen LogP contribution in [0.25, 0.3) is 10.8 Å². The van der Waals surface area contributed by atoms with Crippen molar-refractivity contribution in [3.8, 4) is 5.75 Å². The number of aromatic amines is 1. The minimum absolute atomic E-state index is 0.0497. The molecule has 0 saturated carbocycles. The van der Waals surface area contributed by atoms with Crippen LogP contribution >= 0.6 is 0 Å². The van der Waals surface area contributed by atoms with Gasteiger partial charge in [0.15, 0.2) is 0 Å². The first-order valence-electron chi connectivity index (χ1n) is 9.20. The lowest BCUT2D eigenvalue weighted by atomic mass is 10.1. The van der Waals surface area contributed by atoms with Crippen molar-refractivity contribution in [1.82, 2.24) is 14.5 Å². The van der Waals surface area contributed by atoms with E-state index in [1.54, 1.807) is 6.20 Å². The van der Waals surface area contributed by atoms with E-state index in [4.69, 9.17) is 4.74 Å². The monoisotopic (exact) mass is 351 g/mol. The molecule has 1 N–H and O–H groups in total. The van der Waals surface area contributed by atoms with Gasteiger partial charge in [0, 0.05) is 50.7 Å². The molecule has 1 saturated heterocycles. The van der Waals surface area contributed by atoms with Gasteiger partial charge in [0.2, 0.25) is 0 Å². The van der Waals surface area contributed by atoms with Crippen LogP contribution in [0.5, 0.6) is 5.75 Å². The molecular formula is C21H25N3O2. The summed E-state index contributed by atoms with van der Waals surface area (Å²) in [6.45, 7) is 5.11. The van der Waals surface area contributed by atoms with Crippen LogP contribution in [0.4, 0.5) is 0 Å². The summed E-state index contributed by atoms with van der Waals surface area (Å²) in [7, 11) is 2.06. The van der Waals surface area contributed by atoms with Gasteiger partial charge in [-0.1, -0.05) is 0 Å². The van der Waals surface area contributed by atoms with Crippen molar-refractivity contribution >= 4 is 10.8 Å². The molecule has 26 heavy (non-hydrogen) atoms. The number of pyridine rings is 1. The highest BCUT2D eigenvalue weighted by molar-refractivity contribution is 5.83. The van der Waals surface area contributed by atoms with E-state index in [1.807, 2.05) is 25.1 Å². The van der Waals surface area contributed by atoms with E-state index >= 15 is 0 Å². The number of ether oxygens (including phenoxy) is 1. The van der Waals surface area contributed by atoms with Crippen LogP contribution in [0.3, 0.4) is 0 Å². The van der Waals surface area contributed by atoms with E-state index in [0.29, 0.717) is 0 Å². The van der Waals surface area contributed by atoms with E-state index < -0.39 is 0 Å². The van der Waals surface area contributed by atoms with Crippen LogP contribution in [0.2, 0.25) is 0 Å². The lowest BCUT2D eigenvalue weighted by Crippen LogP contribution is -2.37. The largest absolute Gasteiger partial charge is 0.490 e. The normalized spacial score (nSPS) is 16.2. The predicted molar refractivity (Wildman–Crippen MR) is 104 cm³/mol. The first kappa shape index (κ1) is 16.9. The van der Waals surface area contributed by atoms with Gasteiger partial charge in [-0.3, -0.25) is 9.69 Å². The van der Waals surface area contributed by atoms with Gasteiger partial charge >= 0.3 is 0 Å². The fourth-order valence-corrected chi connectivity index (χ4v) is 3.73. The number of nitrogens with one attached hydrogen (secondary N) is 1. The van der Waals surface area contributed by atoms with Gasteiger partial charge in [-0.15, -0.1) is 0 Å². The van der Waals surface area contributed by atoms with Gasteiger partial charge in [-0.05, 0) is 60.5 Å². The second-order valence-corrected chi connectivity index (χ2v) is 7.29. The molecule has 5 nitrogen and oxygen atoms in total. The van der Waals surface area contributed by atoms with Crippen molar-refractivity contribution in [3.05, 3.63) is 64.3 Å². The Morgan fingerprint density at radius 1 is 1.23 bits per heavy atom. The zero-order valence-corrected chi connectivity index (χ0v) is 15.4. The Kier molecular flexibility index (Phi) is 4.55. The molecule has 136 valence electrons. The summed E-state index contributed by atoms with van der Waals surface area (Å²) >= 11 is 0. The summed E-state index contributed by atoms with van der Waals surface area (Å²) in [6, 6.07) is 8.03. The Bertz CT molecular complexity index is 965. The lowest BCUT2D eigenvalue weighted by molar-refractivity contribution is 0.0964. The van der Waals surface area contributed by atoms with Gasteiger partial charge in [0.05, 0.1) is 0 Å². The number of fused-ring (bicyclic) bond motifs is 1. The number of likely N-dealkylation sites (tertiary alicyclic amines) is 1. The van der Waals surface area contributed by atoms with Crippen molar-refractivity contribution in [2.75, 3.05) is 13.1 Å². The third-order valence-electron chi connectivity index (χ3n) is 5.20. The summed E-state index contributed by atoms with van der Waals surface area (Å²) in [5, 5.41) is 1.64. The van der Waals surface area contributed by atoms with E-state index in [-0.39, 0.29) is 11.7 Å². The quantitative estimate of drug-likeness (QED) is 0.785. The molecule has 4 rings (SSSR count). The number of benzene rings is 1. The van der Waals surface area contributed by atoms with Crippen molar-refractivity contribution in [3.63, 3.8) is 0 Å². The Hall–Kier alpha value is -2.53. The number of rotatable bonds is 4. The molecule has 1 aliphatic heterocycles. The van der Waals surface area contributed by atoms with Crippen molar-refractivity contribution in [2.24, 2.45) is 7.05 Å². The molecule has 3 aromatic rings. The SMILES string of the molecule is Cc1cc2c(=O)[nH]ccc2cc1OC1CCN(Cc2ccn(C)c2)CC1. The van der Waals surface area contributed by atoms with Crippen LogP contribution in [0, 0.1) is 6.92 Å². The van der Waals surface area contributed by atoms with Crippen LogP contribution in [0.1, 0.15) is 24.0 Å². The third-order valence-corrected chi connectivity index (χ3v) is 5.20. The molecule has 0 amide bonds. The highest BCUT2D eigenvalue weighted by Crippen LogP contribution is 2.27.